The number of nitrogens with two attached hydrogens (primary N) is 1. The number of hydrogen-bond acceptors (Lipinski definition) is 4. The number of morpholine rings is 1. The third-order valence-corrected chi connectivity index (χ3v) is 3.27. The molecule has 1 atom stereocenters. The molecule has 0 bridgehead atoms. The van der Waals surface area contributed by atoms with Crippen LogP contribution in [-0.2, 0) is 20.7 Å². The number of carbonyl (C=O) groups excluding carboxylic acids is 2. The number of amides is 2. The number of ether oxygens (including phenoxy) is 1. The van der Waals surface area contributed by atoms with Crippen LogP contribution in [0, 0.1) is 0 Å². The lowest BCUT2D eigenvalue weighted by molar-refractivity contribution is -0.145. The van der Waals surface area contributed by atoms with Crippen molar-refractivity contribution in [2.75, 3.05) is 19.7 Å². The fourth-order valence-electron chi connectivity index (χ4n) is 2.15. The molecule has 0 saturated carbocycles. The highest BCUT2D eigenvalue weighted by Gasteiger charge is 2.27. The Labute approximate surface area is 121 Å². The molecule has 1 aromatic rings. The number of hydrogen-bond donors (Lipinski definition) is 2. The fourth-order valence-corrected chi connectivity index (χ4v) is 2.15. The number of primary amides is 1. The van der Waals surface area contributed by atoms with Crippen LogP contribution in [0.1, 0.15) is 15.9 Å². The smallest absolute Gasteiger partial charge is 0.335 e. The fraction of sp³-hybridized carbons (Fsp3) is 0.357. The van der Waals surface area contributed by atoms with Crippen LogP contribution in [0.3, 0.4) is 0 Å². The van der Waals surface area contributed by atoms with Crippen LogP contribution in [0.2, 0.25) is 0 Å². The van der Waals surface area contributed by atoms with E-state index in [9.17, 15) is 14.4 Å². The normalized spacial score (nSPS) is 18.3. The highest BCUT2D eigenvalue weighted by atomic mass is 16.5. The predicted molar refractivity (Wildman–Crippen MR) is 72.6 cm³/mol. The van der Waals surface area contributed by atoms with E-state index in [0.29, 0.717) is 12.1 Å². The zero-order valence-corrected chi connectivity index (χ0v) is 11.3. The summed E-state index contributed by atoms with van der Waals surface area (Å²) in [5.74, 6) is -1.82. The van der Waals surface area contributed by atoms with Crippen molar-refractivity contribution in [1.82, 2.24) is 4.90 Å². The van der Waals surface area contributed by atoms with Crippen molar-refractivity contribution >= 4 is 17.8 Å². The van der Waals surface area contributed by atoms with Gasteiger partial charge in [0, 0.05) is 6.54 Å². The molecule has 1 aromatic carbocycles. The van der Waals surface area contributed by atoms with Crippen molar-refractivity contribution < 1.29 is 24.2 Å². The van der Waals surface area contributed by atoms with Gasteiger partial charge in [-0.05, 0) is 17.7 Å². The zero-order valence-electron chi connectivity index (χ0n) is 11.3. The van der Waals surface area contributed by atoms with E-state index in [0.717, 1.165) is 0 Å². The molecule has 1 aliphatic heterocycles. The third kappa shape index (κ3) is 3.79. The first kappa shape index (κ1) is 15.0. The summed E-state index contributed by atoms with van der Waals surface area (Å²) in [6.07, 6.45) is -0.708. The van der Waals surface area contributed by atoms with Crippen molar-refractivity contribution in [3.63, 3.8) is 0 Å². The number of carboxylic acids is 1. The van der Waals surface area contributed by atoms with Gasteiger partial charge in [-0.3, -0.25) is 9.59 Å². The van der Waals surface area contributed by atoms with Crippen LogP contribution >= 0.6 is 0 Å². The van der Waals surface area contributed by atoms with Gasteiger partial charge in [-0.2, -0.15) is 0 Å². The first-order valence-corrected chi connectivity index (χ1v) is 6.48. The van der Waals surface area contributed by atoms with Crippen molar-refractivity contribution in [2.24, 2.45) is 5.73 Å². The van der Waals surface area contributed by atoms with Crippen molar-refractivity contribution in [3.8, 4) is 0 Å². The van der Waals surface area contributed by atoms with E-state index in [4.69, 9.17) is 15.6 Å². The number of rotatable bonds is 4. The van der Waals surface area contributed by atoms with Crippen LogP contribution in [0.25, 0.3) is 0 Å². The molecule has 1 aliphatic rings. The lowest BCUT2D eigenvalue weighted by atomic mass is 10.1. The third-order valence-electron chi connectivity index (χ3n) is 3.27. The average Bonchev–Trinajstić information content (AvgIpc) is 2.47. The minimum atomic E-state index is -1.04. The Hall–Kier alpha value is -2.41. The standard InChI is InChI=1S/C14H16N2O5/c15-13(18)11-8-16(4-5-21-11)12(17)7-9-2-1-3-10(6-9)14(19)20/h1-3,6,11H,4-5,7-8H2,(H2,15,18)(H,19,20). The molecule has 1 unspecified atom stereocenters. The zero-order chi connectivity index (χ0) is 15.4. The van der Waals surface area contributed by atoms with E-state index >= 15 is 0 Å². The minimum Gasteiger partial charge on any atom is -0.478 e. The largest absolute Gasteiger partial charge is 0.478 e. The van der Waals surface area contributed by atoms with Gasteiger partial charge in [-0.1, -0.05) is 12.1 Å². The van der Waals surface area contributed by atoms with E-state index < -0.39 is 18.0 Å². The Morgan fingerprint density at radius 1 is 1.38 bits per heavy atom. The predicted octanol–water partition coefficient (Wildman–Crippen LogP) is -0.360. The maximum atomic E-state index is 12.2. The summed E-state index contributed by atoms with van der Waals surface area (Å²) in [6, 6.07) is 6.22. The van der Waals surface area contributed by atoms with Crippen LogP contribution in [0.5, 0.6) is 0 Å². The maximum absolute atomic E-state index is 12.2. The number of carboxylic acid groups (broad SMARTS) is 1. The number of nitrogens with zero attached hydrogens (tertiary/aromatic N) is 1. The lowest BCUT2D eigenvalue weighted by Gasteiger charge is -2.31. The Balaban J connectivity index is 2.02. The molecule has 0 radical (unpaired) electrons. The second-order valence-electron chi connectivity index (χ2n) is 4.78. The molecular weight excluding hydrogens is 276 g/mol. The summed E-state index contributed by atoms with van der Waals surface area (Å²) in [6.45, 7) is 0.780. The van der Waals surface area contributed by atoms with Crippen LogP contribution in [0.15, 0.2) is 24.3 Å². The second-order valence-corrected chi connectivity index (χ2v) is 4.78. The molecule has 1 fully saturated rings. The van der Waals surface area contributed by atoms with Gasteiger partial charge in [-0.15, -0.1) is 0 Å². The molecule has 7 heteroatoms. The Morgan fingerprint density at radius 3 is 2.81 bits per heavy atom. The van der Waals surface area contributed by atoms with Gasteiger partial charge in [0.15, 0.2) is 6.10 Å². The molecule has 21 heavy (non-hydrogen) atoms. The van der Waals surface area contributed by atoms with Crippen LogP contribution in [-0.4, -0.2) is 53.6 Å². The summed E-state index contributed by atoms with van der Waals surface area (Å²) < 4.78 is 5.17. The van der Waals surface area contributed by atoms with Gasteiger partial charge in [-0.25, -0.2) is 4.79 Å². The molecule has 1 heterocycles. The lowest BCUT2D eigenvalue weighted by Crippen LogP contribution is -2.50. The first-order valence-electron chi connectivity index (χ1n) is 6.48. The number of benzene rings is 1. The summed E-state index contributed by atoms with van der Waals surface area (Å²) in [7, 11) is 0. The molecule has 1 saturated heterocycles. The summed E-state index contributed by atoms with van der Waals surface area (Å²) in [5.41, 5.74) is 5.92. The van der Waals surface area contributed by atoms with Crippen molar-refractivity contribution in [2.45, 2.75) is 12.5 Å². The molecular formula is C14H16N2O5. The Kier molecular flexibility index (Phi) is 4.54. The molecule has 112 valence electrons. The van der Waals surface area contributed by atoms with E-state index in [2.05, 4.69) is 0 Å². The van der Waals surface area contributed by atoms with Gasteiger partial charge in [0.1, 0.15) is 0 Å². The van der Waals surface area contributed by atoms with Gasteiger partial charge in [0.25, 0.3) is 0 Å². The van der Waals surface area contributed by atoms with Gasteiger partial charge < -0.3 is 20.5 Å². The quantitative estimate of drug-likeness (QED) is 0.787. The topological polar surface area (TPSA) is 110 Å². The summed E-state index contributed by atoms with van der Waals surface area (Å²) in [4.78, 5) is 35.7. The Bertz CT molecular complexity index is 572. The molecule has 3 N–H and O–H groups in total. The average molecular weight is 292 g/mol. The van der Waals surface area contributed by atoms with E-state index in [1.807, 2.05) is 0 Å². The second kappa shape index (κ2) is 6.36. The SMILES string of the molecule is NC(=O)C1CN(C(=O)Cc2cccc(C(=O)O)c2)CCO1. The van der Waals surface area contributed by atoms with E-state index in [-0.39, 0.29) is 31.0 Å². The minimum absolute atomic E-state index is 0.0760. The number of aromatic carboxylic acids is 1. The van der Waals surface area contributed by atoms with Crippen molar-refractivity contribution in [1.29, 1.82) is 0 Å². The Morgan fingerprint density at radius 2 is 2.14 bits per heavy atom. The molecule has 0 aliphatic carbocycles. The molecule has 2 rings (SSSR count). The van der Waals surface area contributed by atoms with Gasteiger partial charge in [0.2, 0.25) is 11.8 Å². The van der Waals surface area contributed by atoms with E-state index in [1.54, 1.807) is 12.1 Å². The highest BCUT2D eigenvalue weighted by molar-refractivity contribution is 5.88. The van der Waals surface area contributed by atoms with E-state index in [1.165, 1.54) is 17.0 Å². The monoisotopic (exact) mass is 292 g/mol. The van der Waals surface area contributed by atoms with Crippen molar-refractivity contribution in [3.05, 3.63) is 35.4 Å². The molecule has 7 nitrogen and oxygen atoms in total. The summed E-state index contributed by atoms with van der Waals surface area (Å²) >= 11 is 0. The summed E-state index contributed by atoms with van der Waals surface area (Å²) in [5, 5.41) is 8.92. The van der Waals surface area contributed by atoms with Crippen LogP contribution < -0.4 is 5.73 Å². The van der Waals surface area contributed by atoms with Gasteiger partial charge in [0.05, 0.1) is 25.1 Å². The number of carbonyl (C=O) groups is 3. The van der Waals surface area contributed by atoms with Gasteiger partial charge >= 0.3 is 5.97 Å². The maximum Gasteiger partial charge on any atom is 0.335 e. The first-order chi connectivity index (χ1) is 9.97. The van der Waals surface area contributed by atoms with Crippen LogP contribution in [0.4, 0.5) is 0 Å². The molecule has 2 amide bonds. The molecule has 0 spiro atoms. The molecule has 0 aromatic heterocycles. The highest BCUT2D eigenvalue weighted by Crippen LogP contribution is 2.11.